The summed E-state index contributed by atoms with van der Waals surface area (Å²) in [7, 11) is 0. The van der Waals surface area contributed by atoms with E-state index in [-0.39, 0.29) is 23.8 Å². The third-order valence-electron chi connectivity index (χ3n) is 6.24. The molecule has 24 heavy (non-hydrogen) atoms. The van der Waals surface area contributed by atoms with Crippen molar-refractivity contribution < 1.29 is 19.1 Å². The van der Waals surface area contributed by atoms with Crippen molar-refractivity contribution >= 4 is 11.9 Å². The molecule has 3 saturated carbocycles. The van der Waals surface area contributed by atoms with E-state index in [1.165, 1.54) is 19.3 Å². The van der Waals surface area contributed by atoms with Gasteiger partial charge in [0.2, 0.25) is 0 Å². The van der Waals surface area contributed by atoms with Crippen LogP contribution < -0.4 is 0 Å². The van der Waals surface area contributed by atoms with Crippen LogP contribution in [0.1, 0.15) is 53.4 Å². The Labute approximate surface area is 145 Å². The molecule has 2 bridgehead atoms. The molecule has 0 N–H and O–H groups in total. The fourth-order valence-corrected chi connectivity index (χ4v) is 5.44. The van der Waals surface area contributed by atoms with Crippen molar-refractivity contribution in [3.8, 4) is 0 Å². The molecular weight excluding hydrogens is 304 g/mol. The molecule has 0 saturated heterocycles. The van der Waals surface area contributed by atoms with Gasteiger partial charge in [-0.05, 0) is 54.8 Å². The molecular formula is C20H32O4. The van der Waals surface area contributed by atoms with Gasteiger partial charge in [-0.25, -0.2) is 0 Å². The van der Waals surface area contributed by atoms with E-state index >= 15 is 0 Å². The van der Waals surface area contributed by atoms with Crippen LogP contribution in [0.5, 0.6) is 0 Å². The first-order valence-corrected chi connectivity index (χ1v) is 9.73. The molecule has 0 amide bonds. The van der Waals surface area contributed by atoms with Crippen molar-refractivity contribution in [3.05, 3.63) is 0 Å². The minimum atomic E-state index is -0.271. The highest BCUT2D eigenvalue weighted by Gasteiger charge is 2.63. The molecule has 4 heteroatoms. The fourth-order valence-electron chi connectivity index (χ4n) is 5.44. The zero-order valence-electron chi connectivity index (χ0n) is 15.5. The van der Waals surface area contributed by atoms with Crippen LogP contribution in [-0.4, -0.2) is 25.2 Å². The summed E-state index contributed by atoms with van der Waals surface area (Å²) in [6.07, 6.45) is 4.68. The summed E-state index contributed by atoms with van der Waals surface area (Å²) in [6, 6.07) is 0. The average Bonchev–Trinajstić information content (AvgIpc) is 3.20. The van der Waals surface area contributed by atoms with Gasteiger partial charge in [-0.2, -0.15) is 0 Å². The van der Waals surface area contributed by atoms with Gasteiger partial charge in [0, 0.05) is 0 Å². The Hall–Kier alpha value is -1.06. The minimum Gasteiger partial charge on any atom is -0.465 e. The summed E-state index contributed by atoms with van der Waals surface area (Å²) in [5.74, 6) is 1.69. The predicted octanol–water partition coefficient (Wildman–Crippen LogP) is 3.68. The van der Waals surface area contributed by atoms with Gasteiger partial charge in [0.05, 0.1) is 25.0 Å². The second-order valence-electron chi connectivity index (χ2n) is 8.92. The number of carbonyl (C=O) groups excluding carboxylic acids is 2. The Morgan fingerprint density at radius 1 is 0.792 bits per heavy atom. The lowest BCUT2D eigenvalue weighted by atomic mass is 9.69. The van der Waals surface area contributed by atoms with Crippen LogP contribution in [0.25, 0.3) is 0 Å². The number of hydrogen-bond donors (Lipinski definition) is 0. The first kappa shape index (κ1) is 17.8. The molecule has 0 heterocycles. The van der Waals surface area contributed by atoms with Crippen molar-refractivity contribution in [1.82, 2.24) is 0 Å². The summed E-state index contributed by atoms with van der Waals surface area (Å²) >= 11 is 0. The molecule has 0 aromatic rings. The number of ether oxygens (including phenoxy) is 2. The quantitative estimate of drug-likeness (QED) is 0.694. The Balaban J connectivity index is 1.75. The highest BCUT2D eigenvalue weighted by molar-refractivity contribution is 5.84. The summed E-state index contributed by atoms with van der Waals surface area (Å²) in [4.78, 5) is 25.5. The van der Waals surface area contributed by atoms with Crippen LogP contribution in [0.3, 0.4) is 0 Å². The molecule has 6 unspecified atom stereocenters. The molecule has 3 aliphatic carbocycles. The van der Waals surface area contributed by atoms with Crippen molar-refractivity contribution in [2.75, 3.05) is 13.2 Å². The maximum Gasteiger partial charge on any atom is 0.310 e. The van der Waals surface area contributed by atoms with Crippen LogP contribution in [-0.2, 0) is 19.1 Å². The van der Waals surface area contributed by atoms with Gasteiger partial charge in [0.15, 0.2) is 0 Å². The van der Waals surface area contributed by atoms with E-state index in [4.69, 9.17) is 9.47 Å². The van der Waals surface area contributed by atoms with Gasteiger partial charge in [0.1, 0.15) is 0 Å². The molecule has 3 aliphatic rings. The van der Waals surface area contributed by atoms with E-state index in [0.29, 0.717) is 48.7 Å². The van der Waals surface area contributed by atoms with Crippen molar-refractivity contribution in [3.63, 3.8) is 0 Å². The fraction of sp³-hybridized carbons (Fsp3) is 0.900. The maximum atomic E-state index is 12.8. The van der Waals surface area contributed by atoms with E-state index in [1.807, 2.05) is 27.7 Å². The number of carbonyl (C=O) groups is 2. The third kappa shape index (κ3) is 3.21. The number of esters is 2. The lowest BCUT2D eigenvalue weighted by molar-refractivity contribution is -0.167. The molecule has 3 rings (SSSR count). The average molecular weight is 336 g/mol. The highest BCUT2D eigenvalue weighted by atomic mass is 16.5. The molecule has 0 aromatic carbocycles. The van der Waals surface area contributed by atoms with Gasteiger partial charge in [-0.15, -0.1) is 0 Å². The molecule has 3 fully saturated rings. The summed E-state index contributed by atoms with van der Waals surface area (Å²) in [5.41, 5.74) is 0. The van der Waals surface area contributed by atoms with Crippen molar-refractivity contribution in [2.45, 2.75) is 53.4 Å². The standard InChI is InChI=1S/C20H32O4/c1-11(2)9-23-19(21)17-15-8-16(14-7-5-6-13(14)15)18(17)20(22)24-10-12(3)4/h11-18H,5-10H2,1-4H3. The van der Waals surface area contributed by atoms with Gasteiger partial charge in [-0.1, -0.05) is 34.1 Å². The van der Waals surface area contributed by atoms with Gasteiger partial charge >= 0.3 is 11.9 Å². The van der Waals surface area contributed by atoms with Gasteiger partial charge in [-0.3, -0.25) is 9.59 Å². The van der Waals surface area contributed by atoms with Crippen molar-refractivity contribution in [1.29, 1.82) is 0 Å². The van der Waals surface area contributed by atoms with Crippen LogP contribution in [0, 0.1) is 47.3 Å². The summed E-state index contributed by atoms with van der Waals surface area (Å²) in [6.45, 7) is 9.03. The normalized spacial score (nSPS) is 37.1. The number of fused-ring (bicyclic) bond motifs is 5. The largest absolute Gasteiger partial charge is 0.465 e. The molecule has 4 nitrogen and oxygen atoms in total. The number of rotatable bonds is 6. The van der Waals surface area contributed by atoms with E-state index in [2.05, 4.69) is 0 Å². The topological polar surface area (TPSA) is 52.6 Å². The molecule has 0 radical (unpaired) electrons. The lowest BCUT2D eigenvalue weighted by Crippen LogP contribution is -2.42. The molecule has 0 aliphatic heterocycles. The maximum absolute atomic E-state index is 12.8. The first-order chi connectivity index (χ1) is 11.4. The van der Waals surface area contributed by atoms with Gasteiger partial charge < -0.3 is 9.47 Å². The van der Waals surface area contributed by atoms with E-state index in [1.54, 1.807) is 0 Å². The van der Waals surface area contributed by atoms with Crippen molar-refractivity contribution in [2.24, 2.45) is 47.3 Å². The summed E-state index contributed by atoms with van der Waals surface area (Å²) < 4.78 is 11.1. The predicted molar refractivity (Wildman–Crippen MR) is 91.0 cm³/mol. The zero-order valence-corrected chi connectivity index (χ0v) is 15.5. The lowest BCUT2D eigenvalue weighted by Gasteiger charge is -2.35. The number of hydrogen-bond acceptors (Lipinski definition) is 4. The van der Waals surface area contributed by atoms with Crippen LogP contribution in [0.15, 0.2) is 0 Å². The van der Waals surface area contributed by atoms with Crippen LogP contribution >= 0.6 is 0 Å². The molecule has 6 atom stereocenters. The monoisotopic (exact) mass is 336 g/mol. The molecule has 136 valence electrons. The second kappa shape index (κ2) is 7.05. The zero-order chi connectivity index (χ0) is 17.4. The Morgan fingerprint density at radius 2 is 1.21 bits per heavy atom. The SMILES string of the molecule is CC(C)COC(=O)C1C2CC(C3CCCC32)C1C(=O)OCC(C)C. The van der Waals surface area contributed by atoms with E-state index in [9.17, 15) is 9.59 Å². The second-order valence-corrected chi connectivity index (χ2v) is 8.92. The van der Waals surface area contributed by atoms with E-state index in [0.717, 1.165) is 6.42 Å². The summed E-state index contributed by atoms with van der Waals surface area (Å²) in [5, 5.41) is 0. The minimum absolute atomic E-state index is 0.159. The Kier molecular flexibility index (Phi) is 5.22. The molecule has 0 spiro atoms. The first-order valence-electron chi connectivity index (χ1n) is 9.73. The van der Waals surface area contributed by atoms with Crippen LogP contribution in [0.2, 0.25) is 0 Å². The third-order valence-corrected chi connectivity index (χ3v) is 6.24. The van der Waals surface area contributed by atoms with E-state index < -0.39 is 0 Å². The van der Waals surface area contributed by atoms with Gasteiger partial charge in [0.25, 0.3) is 0 Å². The molecule has 0 aromatic heterocycles. The van der Waals surface area contributed by atoms with Crippen LogP contribution in [0.4, 0.5) is 0 Å². The smallest absolute Gasteiger partial charge is 0.310 e. The highest BCUT2D eigenvalue weighted by Crippen LogP contribution is 2.63. The Morgan fingerprint density at radius 3 is 1.58 bits per heavy atom. The Bertz CT molecular complexity index is 442.